The second-order valence-corrected chi connectivity index (χ2v) is 3.71. The quantitative estimate of drug-likeness (QED) is 0.611. The van der Waals surface area contributed by atoms with Crippen molar-refractivity contribution in [2.24, 2.45) is 0 Å². The molecule has 0 aromatic carbocycles. The molecule has 0 atom stereocenters. The van der Waals surface area contributed by atoms with Crippen LogP contribution < -0.4 is 5.32 Å². The van der Waals surface area contributed by atoms with Crippen LogP contribution >= 0.6 is 0 Å². The highest BCUT2D eigenvalue weighted by atomic mass is 16.4. The van der Waals surface area contributed by atoms with Gasteiger partial charge in [-0.25, -0.2) is 0 Å². The Labute approximate surface area is 96.8 Å². The Balaban J connectivity index is 3.66. The van der Waals surface area contributed by atoms with Gasteiger partial charge in [0.05, 0.1) is 0 Å². The van der Waals surface area contributed by atoms with E-state index in [9.17, 15) is 9.59 Å². The molecule has 1 amide bonds. The molecule has 0 aromatic rings. The van der Waals surface area contributed by atoms with Crippen molar-refractivity contribution in [2.75, 3.05) is 26.2 Å². The fourth-order valence-electron chi connectivity index (χ4n) is 1.33. The normalized spacial score (nSPS) is 10.4. The average Bonchev–Trinajstić information content (AvgIpc) is 2.26. The zero-order valence-electron chi connectivity index (χ0n) is 10.2. The molecule has 0 heterocycles. The van der Waals surface area contributed by atoms with Crippen LogP contribution in [0.4, 0.5) is 0 Å². The van der Waals surface area contributed by atoms with Crippen LogP contribution in [-0.2, 0) is 9.59 Å². The molecule has 0 aliphatic heterocycles. The second kappa shape index (κ2) is 9.15. The van der Waals surface area contributed by atoms with E-state index in [0.29, 0.717) is 13.0 Å². The largest absolute Gasteiger partial charge is 0.480 e. The topological polar surface area (TPSA) is 69.6 Å². The maximum atomic E-state index is 11.2. The monoisotopic (exact) mass is 230 g/mol. The number of rotatable bonds is 9. The highest BCUT2D eigenvalue weighted by Gasteiger charge is 2.07. The molecule has 0 radical (unpaired) electrons. The molecule has 0 aliphatic carbocycles. The van der Waals surface area contributed by atoms with Crippen LogP contribution in [0.15, 0.2) is 0 Å². The molecule has 0 aromatic heterocycles. The van der Waals surface area contributed by atoms with Gasteiger partial charge < -0.3 is 15.3 Å². The number of nitrogens with zero attached hydrogens (tertiary/aromatic N) is 1. The van der Waals surface area contributed by atoms with Crippen LogP contribution in [0.3, 0.4) is 0 Å². The summed E-state index contributed by atoms with van der Waals surface area (Å²) in [6.07, 6.45) is 2.64. The van der Waals surface area contributed by atoms with Gasteiger partial charge >= 0.3 is 5.97 Å². The molecule has 0 bridgehead atoms. The van der Waals surface area contributed by atoms with Gasteiger partial charge in [-0.05, 0) is 19.5 Å². The number of carbonyl (C=O) groups excluding carboxylic acids is 1. The Morgan fingerprint density at radius 1 is 1.25 bits per heavy atom. The molecule has 0 spiro atoms. The van der Waals surface area contributed by atoms with E-state index in [2.05, 4.69) is 24.1 Å². The van der Waals surface area contributed by atoms with E-state index in [1.807, 2.05) is 0 Å². The van der Waals surface area contributed by atoms with Crippen LogP contribution in [0.1, 0.15) is 33.1 Å². The molecule has 0 saturated carbocycles. The molecule has 0 aliphatic rings. The number of hydrogen-bond donors (Lipinski definition) is 2. The number of aliphatic carboxylic acids is 1. The summed E-state index contributed by atoms with van der Waals surface area (Å²) in [6, 6.07) is 0. The maximum absolute atomic E-state index is 11.2. The molecular formula is C11H22N2O3. The molecule has 16 heavy (non-hydrogen) atoms. The molecule has 5 nitrogen and oxygen atoms in total. The van der Waals surface area contributed by atoms with Gasteiger partial charge in [-0.3, -0.25) is 9.59 Å². The minimum absolute atomic E-state index is 0.197. The minimum atomic E-state index is -1.01. The first-order chi connectivity index (χ1) is 7.60. The SMILES string of the molecule is CCCCN(CC)CCC(=O)NCC(=O)O. The van der Waals surface area contributed by atoms with Crippen LogP contribution in [0, 0.1) is 0 Å². The lowest BCUT2D eigenvalue weighted by molar-refractivity contribution is -0.138. The number of unbranched alkanes of at least 4 members (excludes halogenated alkanes) is 1. The highest BCUT2D eigenvalue weighted by Crippen LogP contribution is 1.96. The molecule has 0 fully saturated rings. The Bertz CT molecular complexity index is 219. The lowest BCUT2D eigenvalue weighted by Crippen LogP contribution is -2.33. The number of nitrogens with one attached hydrogen (secondary N) is 1. The summed E-state index contributed by atoms with van der Waals surface area (Å²) in [7, 11) is 0. The number of carboxylic acid groups (broad SMARTS) is 1. The smallest absolute Gasteiger partial charge is 0.322 e. The third-order valence-corrected chi connectivity index (χ3v) is 2.37. The first-order valence-corrected chi connectivity index (χ1v) is 5.81. The summed E-state index contributed by atoms with van der Waals surface area (Å²) in [4.78, 5) is 23.7. The van der Waals surface area contributed by atoms with E-state index < -0.39 is 5.97 Å². The summed E-state index contributed by atoms with van der Waals surface area (Å²) < 4.78 is 0. The lowest BCUT2D eigenvalue weighted by atomic mass is 10.3. The minimum Gasteiger partial charge on any atom is -0.480 e. The van der Waals surface area contributed by atoms with Crippen molar-refractivity contribution >= 4 is 11.9 Å². The van der Waals surface area contributed by atoms with Crippen molar-refractivity contribution in [1.29, 1.82) is 0 Å². The van der Waals surface area contributed by atoms with Gasteiger partial charge in [0.25, 0.3) is 0 Å². The van der Waals surface area contributed by atoms with Crippen molar-refractivity contribution in [3.05, 3.63) is 0 Å². The number of carboxylic acids is 1. The second-order valence-electron chi connectivity index (χ2n) is 3.71. The van der Waals surface area contributed by atoms with Gasteiger partial charge in [0.15, 0.2) is 0 Å². The number of hydrogen-bond acceptors (Lipinski definition) is 3. The van der Waals surface area contributed by atoms with Crippen LogP contribution in [0.2, 0.25) is 0 Å². The van der Waals surface area contributed by atoms with Gasteiger partial charge in [-0.15, -0.1) is 0 Å². The third kappa shape index (κ3) is 8.23. The molecule has 94 valence electrons. The fourth-order valence-corrected chi connectivity index (χ4v) is 1.33. The highest BCUT2D eigenvalue weighted by molar-refractivity contribution is 5.81. The lowest BCUT2D eigenvalue weighted by Gasteiger charge is -2.19. The summed E-state index contributed by atoms with van der Waals surface area (Å²) in [5.41, 5.74) is 0. The van der Waals surface area contributed by atoms with Crippen molar-refractivity contribution in [3.8, 4) is 0 Å². The van der Waals surface area contributed by atoms with E-state index in [-0.39, 0.29) is 12.5 Å². The van der Waals surface area contributed by atoms with Gasteiger partial charge in [-0.2, -0.15) is 0 Å². The van der Waals surface area contributed by atoms with E-state index in [4.69, 9.17) is 5.11 Å². The Morgan fingerprint density at radius 3 is 2.44 bits per heavy atom. The van der Waals surface area contributed by atoms with E-state index in [1.54, 1.807) is 0 Å². The van der Waals surface area contributed by atoms with Crippen molar-refractivity contribution in [3.63, 3.8) is 0 Å². The predicted molar refractivity (Wildman–Crippen MR) is 62.3 cm³/mol. The summed E-state index contributed by atoms with van der Waals surface area (Å²) in [6.45, 7) is 6.52. The summed E-state index contributed by atoms with van der Waals surface area (Å²) in [5, 5.41) is 10.7. The third-order valence-electron chi connectivity index (χ3n) is 2.37. The average molecular weight is 230 g/mol. The van der Waals surface area contributed by atoms with Gasteiger partial charge in [0.1, 0.15) is 6.54 Å². The predicted octanol–water partition coefficient (Wildman–Crippen LogP) is 0.699. The first kappa shape index (κ1) is 14.9. The Hall–Kier alpha value is -1.10. The fraction of sp³-hybridized carbons (Fsp3) is 0.818. The Morgan fingerprint density at radius 2 is 1.94 bits per heavy atom. The van der Waals surface area contributed by atoms with Gasteiger partial charge in [-0.1, -0.05) is 20.3 Å². The van der Waals surface area contributed by atoms with Crippen LogP contribution in [-0.4, -0.2) is 48.1 Å². The van der Waals surface area contributed by atoms with E-state index >= 15 is 0 Å². The van der Waals surface area contributed by atoms with E-state index in [1.165, 1.54) is 0 Å². The van der Waals surface area contributed by atoms with Crippen molar-refractivity contribution < 1.29 is 14.7 Å². The molecule has 5 heteroatoms. The summed E-state index contributed by atoms with van der Waals surface area (Å²) >= 11 is 0. The van der Waals surface area contributed by atoms with Crippen molar-refractivity contribution in [1.82, 2.24) is 10.2 Å². The van der Waals surface area contributed by atoms with Crippen LogP contribution in [0.25, 0.3) is 0 Å². The zero-order valence-corrected chi connectivity index (χ0v) is 10.2. The molecule has 0 unspecified atom stereocenters. The molecular weight excluding hydrogens is 208 g/mol. The van der Waals surface area contributed by atoms with Gasteiger partial charge in [0, 0.05) is 13.0 Å². The maximum Gasteiger partial charge on any atom is 0.322 e. The van der Waals surface area contributed by atoms with Gasteiger partial charge in [0.2, 0.25) is 5.91 Å². The number of amides is 1. The zero-order chi connectivity index (χ0) is 12.4. The molecule has 0 saturated heterocycles. The van der Waals surface area contributed by atoms with E-state index in [0.717, 1.165) is 25.9 Å². The molecule has 0 rings (SSSR count). The number of carbonyl (C=O) groups is 2. The molecule has 2 N–H and O–H groups in total. The first-order valence-electron chi connectivity index (χ1n) is 5.81. The Kier molecular flexibility index (Phi) is 8.52. The summed E-state index contributed by atoms with van der Waals surface area (Å²) in [5.74, 6) is -1.20. The van der Waals surface area contributed by atoms with Crippen molar-refractivity contribution in [2.45, 2.75) is 33.1 Å². The standard InChI is InChI=1S/C11H22N2O3/c1-3-5-7-13(4-2)8-6-10(14)12-9-11(15)16/h3-9H2,1-2H3,(H,12,14)(H,15,16). The van der Waals surface area contributed by atoms with Crippen LogP contribution in [0.5, 0.6) is 0 Å².